The Balaban J connectivity index is 1.98. The van der Waals surface area contributed by atoms with E-state index in [2.05, 4.69) is 73.1 Å². The molecule has 1 fully saturated rings. The van der Waals surface area contributed by atoms with E-state index in [4.69, 9.17) is 0 Å². The number of guanidine groups is 1. The third-order valence-corrected chi connectivity index (χ3v) is 5.66. The topological polar surface area (TPSA) is 48.7 Å². The molecule has 1 aromatic rings. The molecule has 1 atom stereocenters. The molecule has 0 amide bonds. The van der Waals surface area contributed by atoms with Crippen molar-refractivity contribution < 1.29 is 0 Å². The van der Waals surface area contributed by atoms with Gasteiger partial charge in [-0.2, -0.15) is 5.10 Å². The first-order chi connectivity index (χ1) is 12.6. The maximum absolute atomic E-state index is 4.62. The summed E-state index contributed by atoms with van der Waals surface area (Å²) in [5, 5.41) is 8.23. The minimum Gasteiger partial charge on any atom is -0.354 e. The van der Waals surface area contributed by atoms with E-state index in [-0.39, 0.29) is 5.54 Å². The molecule has 0 bridgehead atoms. The summed E-state index contributed by atoms with van der Waals surface area (Å²) in [6.07, 6.45) is 4.78. The highest BCUT2D eigenvalue weighted by atomic mass is 15.3. The largest absolute Gasteiger partial charge is 0.354 e. The van der Waals surface area contributed by atoms with Crippen LogP contribution in [-0.2, 0) is 13.6 Å². The van der Waals surface area contributed by atoms with Crippen LogP contribution in [0.1, 0.15) is 64.6 Å². The Morgan fingerprint density at radius 3 is 2.74 bits per heavy atom. The van der Waals surface area contributed by atoms with Gasteiger partial charge in [-0.05, 0) is 45.1 Å². The fraction of sp³-hybridized carbons (Fsp3) is 0.810. The van der Waals surface area contributed by atoms with Gasteiger partial charge in [0.05, 0.1) is 5.69 Å². The Morgan fingerprint density at radius 2 is 2.15 bits per heavy atom. The predicted molar refractivity (Wildman–Crippen MR) is 114 cm³/mol. The molecule has 1 aliphatic rings. The zero-order valence-corrected chi connectivity index (χ0v) is 18.7. The molecule has 0 saturated carbocycles. The zero-order chi connectivity index (χ0) is 20.2. The summed E-state index contributed by atoms with van der Waals surface area (Å²) in [4.78, 5) is 9.33. The van der Waals surface area contributed by atoms with Crippen LogP contribution in [0.3, 0.4) is 0 Å². The van der Waals surface area contributed by atoms with Crippen LogP contribution in [0, 0.1) is 5.92 Å². The van der Waals surface area contributed by atoms with Crippen LogP contribution in [-0.4, -0.2) is 64.8 Å². The summed E-state index contributed by atoms with van der Waals surface area (Å²) >= 11 is 0. The number of aliphatic imine (C=N–C) groups is 1. The normalized spacial score (nSPS) is 19.6. The molecule has 154 valence electrons. The summed E-state index contributed by atoms with van der Waals surface area (Å²) in [5.41, 5.74) is 2.55. The van der Waals surface area contributed by atoms with Crippen molar-refractivity contribution in [3.63, 3.8) is 0 Å². The summed E-state index contributed by atoms with van der Waals surface area (Å²) in [5.74, 6) is 2.15. The van der Waals surface area contributed by atoms with Crippen LogP contribution in [0.15, 0.2) is 11.2 Å². The molecular weight excluding hydrogens is 336 g/mol. The average molecular weight is 377 g/mol. The third-order valence-electron chi connectivity index (χ3n) is 5.66. The number of hydrogen-bond donors (Lipinski definition) is 1. The highest BCUT2D eigenvalue weighted by Gasteiger charge is 2.30. The van der Waals surface area contributed by atoms with Gasteiger partial charge in [-0.3, -0.25) is 14.6 Å². The lowest BCUT2D eigenvalue weighted by Gasteiger charge is -2.43. The Kier molecular flexibility index (Phi) is 7.32. The standard InChI is InChI=1S/C21H40N6/c1-16(2)19-18(14-26(8)24-19)13-25(7)20(22-6)23-15-21(4,5)27-11-9-10-17(3)12-27/h14,16-17H,9-13,15H2,1-8H3,(H,22,23). The number of nitrogens with one attached hydrogen (secondary N) is 1. The Bertz CT molecular complexity index is 631. The summed E-state index contributed by atoms with van der Waals surface area (Å²) in [6, 6.07) is 0. The fourth-order valence-electron chi connectivity index (χ4n) is 4.02. The van der Waals surface area contributed by atoms with Gasteiger partial charge in [0.1, 0.15) is 0 Å². The van der Waals surface area contributed by atoms with E-state index in [1.54, 1.807) is 0 Å². The summed E-state index contributed by atoms with van der Waals surface area (Å²) < 4.78 is 1.91. The van der Waals surface area contributed by atoms with Crippen molar-refractivity contribution in [2.45, 2.75) is 65.5 Å². The van der Waals surface area contributed by atoms with Gasteiger partial charge < -0.3 is 10.2 Å². The van der Waals surface area contributed by atoms with Crippen LogP contribution in [0.25, 0.3) is 0 Å². The van der Waals surface area contributed by atoms with Crippen LogP contribution >= 0.6 is 0 Å². The van der Waals surface area contributed by atoms with E-state index in [1.807, 2.05) is 18.8 Å². The molecule has 27 heavy (non-hydrogen) atoms. The number of rotatable bonds is 6. The number of nitrogens with zero attached hydrogens (tertiary/aromatic N) is 5. The lowest BCUT2D eigenvalue weighted by molar-refractivity contribution is 0.0735. The molecule has 0 radical (unpaired) electrons. The highest BCUT2D eigenvalue weighted by Crippen LogP contribution is 2.23. The maximum atomic E-state index is 4.62. The molecule has 1 saturated heterocycles. The van der Waals surface area contributed by atoms with Crippen molar-refractivity contribution in [3.8, 4) is 0 Å². The van der Waals surface area contributed by atoms with Gasteiger partial charge in [0.25, 0.3) is 0 Å². The van der Waals surface area contributed by atoms with Crippen molar-refractivity contribution in [2.24, 2.45) is 18.0 Å². The molecule has 1 aliphatic heterocycles. The predicted octanol–water partition coefficient (Wildman–Crippen LogP) is 3.06. The molecule has 0 spiro atoms. The minimum atomic E-state index is 0.114. The molecule has 1 N–H and O–H groups in total. The number of aryl methyl sites for hydroxylation is 1. The van der Waals surface area contributed by atoms with Crippen LogP contribution in [0.4, 0.5) is 0 Å². The Labute approximate surface area is 166 Å². The first kappa shape index (κ1) is 21.7. The minimum absolute atomic E-state index is 0.114. The third kappa shape index (κ3) is 5.71. The lowest BCUT2D eigenvalue weighted by Crippen LogP contribution is -2.56. The van der Waals surface area contributed by atoms with E-state index < -0.39 is 0 Å². The van der Waals surface area contributed by atoms with Crippen molar-refractivity contribution in [1.82, 2.24) is 24.9 Å². The zero-order valence-electron chi connectivity index (χ0n) is 18.7. The van der Waals surface area contributed by atoms with Crippen molar-refractivity contribution in [1.29, 1.82) is 0 Å². The van der Waals surface area contributed by atoms with Crippen LogP contribution in [0.5, 0.6) is 0 Å². The van der Waals surface area contributed by atoms with Gasteiger partial charge in [0.2, 0.25) is 0 Å². The van der Waals surface area contributed by atoms with Gasteiger partial charge in [0, 0.05) is 58.1 Å². The second-order valence-corrected chi connectivity index (χ2v) is 9.13. The second-order valence-electron chi connectivity index (χ2n) is 9.13. The molecule has 2 rings (SSSR count). The van der Waals surface area contributed by atoms with E-state index in [9.17, 15) is 0 Å². The van der Waals surface area contributed by atoms with Gasteiger partial charge in [-0.1, -0.05) is 20.8 Å². The SMILES string of the molecule is CN=C(NCC(C)(C)N1CCCC(C)C1)N(C)Cc1cn(C)nc1C(C)C. The molecule has 1 unspecified atom stereocenters. The van der Waals surface area contributed by atoms with Crippen molar-refractivity contribution in [2.75, 3.05) is 33.7 Å². The first-order valence-corrected chi connectivity index (χ1v) is 10.3. The van der Waals surface area contributed by atoms with E-state index in [0.717, 1.165) is 25.0 Å². The van der Waals surface area contributed by atoms with Gasteiger partial charge in [-0.25, -0.2) is 0 Å². The average Bonchev–Trinajstić information content (AvgIpc) is 2.96. The quantitative estimate of drug-likeness (QED) is 0.612. The van der Waals surface area contributed by atoms with E-state index in [0.29, 0.717) is 5.92 Å². The van der Waals surface area contributed by atoms with Gasteiger partial charge >= 0.3 is 0 Å². The molecule has 6 nitrogen and oxygen atoms in total. The molecule has 2 heterocycles. The molecule has 0 aliphatic carbocycles. The number of piperidine rings is 1. The van der Waals surface area contributed by atoms with Crippen LogP contribution < -0.4 is 5.32 Å². The molecule has 0 aromatic carbocycles. The maximum Gasteiger partial charge on any atom is 0.193 e. The second kappa shape index (κ2) is 9.09. The fourth-order valence-corrected chi connectivity index (χ4v) is 4.02. The first-order valence-electron chi connectivity index (χ1n) is 10.3. The van der Waals surface area contributed by atoms with Crippen molar-refractivity contribution in [3.05, 3.63) is 17.5 Å². The lowest BCUT2D eigenvalue weighted by atomic mass is 9.93. The molecule has 6 heteroatoms. The van der Waals surface area contributed by atoms with Crippen molar-refractivity contribution >= 4 is 5.96 Å². The van der Waals surface area contributed by atoms with Crippen LogP contribution in [0.2, 0.25) is 0 Å². The van der Waals surface area contributed by atoms with E-state index in [1.165, 1.54) is 37.2 Å². The molecular formula is C21H40N6. The smallest absolute Gasteiger partial charge is 0.193 e. The summed E-state index contributed by atoms with van der Waals surface area (Å²) in [7, 11) is 5.95. The highest BCUT2D eigenvalue weighted by molar-refractivity contribution is 5.79. The number of likely N-dealkylation sites (tertiary alicyclic amines) is 1. The summed E-state index contributed by atoms with van der Waals surface area (Å²) in [6.45, 7) is 15.5. The number of aromatic nitrogens is 2. The molecule has 1 aromatic heterocycles. The number of hydrogen-bond acceptors (Lipinski definition) is 3. The van der Waals surface area contributed by atoms with E-state index >= 15 is 0 Å². The Morgan fingerprint density at radius 1 is 1.44 bits per heavy atom. The van der Waals surface area contributed by atoms with Gasteiger partial charge in [-0.15, -0.1) is 0 Å². The monoisotopic (exact) mass is 376 g/mol. The van der Waals surface area contributed by atoms with Gasteiger partial charge in [0.15, 0.2) is 5.96 Å². The Hall–Kier alpha value is -1.56.